The predicted octanol–water partition coefficient (Wildman–Crippen LogP) is 4.00. The van der Waals surface area contributed by atoms with Gasteiger partial charge in [-0.05, 0) is 31.2 Å². The second-order valence-corrected chi connectivity index (χ2v) is 6.71. The molecule has 1 N–H and O–H groups in total. The fraction of sp³-hybridized carbons (Fsp3) is 0.200. The minimum atomic E-state index is -0.338. The van der Waals surface area contributed by atoms with E-state index in [1.165, 1.54) is 29.8 Å². The van der Waals surface area contributed by atoms with E-state index in [0.29, 0.717) is 18.7 Å². The van der Waals surface area contributed by atoms with Gasteiger partial charge in [0.25, 0.3) is 5.91 Å². The number of carbonyl (C=O) groups is 1. The summed E-state index contributed by atoms with van der Waals surface area (Å²) in [7, 11) is 0. The largest absolute Gasteiger partial charge is 0.484 e. The molecule has 0 aliphatic rings. The lowest BCUT2D eigenvalue weighted by atomic mass is 10.2. The molecule has 6 heteroatoms. The topological polar surface area (TPSA) is 51.2 Å². The molecule has 0 saturated heterocycles. The second-order valence-electron chi connectivity index (χ2n) is 5.85. The van der Waals surface area contributed by atoms with Crippen molar-refractivity contribution in [1.29, 1.82) is 0 Å². The maximum absolute atomic E-state index is 12.8. The number of aromatic nitrogens is 1. The van der Waals surface area contributed by atoms with E-state index < -0.39 is 0 Å². The Morgan fingerprint density at radius 1 is 1.15 bits per heavy atom. The average molecular weight is 370 g/mol. The number of rotatable bonds is 7. The molecule has 26 heavy (non-hydrogen) atoms. The Morgan fingerprint density at radius 3 is 2.62 bits per heavy atom. The third kappa shape index (κ3) is 5.13. The van der Waals surface area contributed by atoms with Crippen molar-refractivity contribution < 1.29 is 13.9 Å². The van der Waals surface area contributed by atoms with Gasteiger partial charge in [0.05, 0.1) is 5.69 Å². The quantitative estimate of drug-likeness (QED) is 0.684. The van der Waals surface area contributed by atoms with Crippen molar-refractivity contribution in [3.63, 3.8) is 0 Å². The summed E-state index contributed by atoms with van der Waals surface area (Å²) in [4.78, 5) is 16.4. The molecular formula is C20H19FN2O2S. The second kappa shape index (κ2) is 8.58. The highest BCUT2D eigenvalue weighted by atomic mass is 32.1. The molecule has 1 heterocycles. The minimum Gasteiger partial charge on any atom is -0.484 e. The highest BCUT2D eigenvalue weighted by Gasteiger charge is 2.06. The summed E-state index contributed by atoms with van der Waals surface area (Å²) in [5.41, 5.74) is 3.27. The number of hydrogen-bond acceptors (Lipinski definition) is 4. The molecule has 3 aromatic rings. The molecular weight excluding hydrogens is 351 g/mol. The van der Waals surface area contributed by atoms with Crippen LogP contribution in [-0.2, 0) is 11.2 Å². The number of amides is 1. The third-order valence-corrected chi connectivity index (χ3v) is 4.68. The Labute approximate surface area is 155 Å². The molecule has 0 aliphatic heterocycles. The zero-order chi connectivity index (χ0) is 18.4. The van der Waals surface area contributed by atoms with Gasteiger partial charge in [-0.1, -0.05) is 29.8 Å². The number of aryl methyl sites for hydroxylation is 1. The molecule has 3 rings (SSSR count). The summed E-state index contributed by atoms with van der Waals surface area (Å²) in [6.45, 7) is 2.44. The standard InChI is InChI=1S/C20H19FN2O2S/c1-14-2-4-15(5-3-14)20-23-17(13-26-20)10-11-22-19(24)12-25-18-8-6-16(21)7-9-18/h2-9,13H,10-12H2,1H3,(H,22,24). The molecule has 0 unspecified atom stereocenters. The lowest BCUT2D eigenvalue weighted by Crippen LogP contribution is -2.30. The van der Waals surface area contributed by atoms with Crippen LogP contribution in [-0.4, -0.2) is 24.0 Å². The first-order valence-electron chi connectivity index (χ1n) is 8.27. The third-order valence-electron chi connectivity index (χ3n) is 3.74. The van der Waals surface area contributed by atoms with Crippen molar-refractivity contribution in [2.24, 2.45) is 0 Å². The molecule has 0 saturated carbocycles. The van der Waals surface area contributed by atoms with Gasteiger partial charge in [-0.15, -0.1) is 11.3 Å². The van der Waals surface area contributed by atoms with Crippen LogP contribution in [0.2, 0.25) is 0 Å². The van der Waals surface area contributed by atoms with Gasteiger partial charge >= 0.3 is 0 Å². The summed E-state index contributed by atoms with van der Waals surface area (Å²) in [6, 6.07) is 13.8. The van der Waals surface area contributed by atoms with E-state index in [0.717, 1.165) is 16.3 Å². The van der Waals surface area contributed by atoms with Gasteiger partial charge in [-0.25, -0.2) is 9.37 Å². The summed E-state index contributed by atoms with van der Waals surface area (Å²) < 4.78 is 18.1. The maximum atomic E-state index is 12.8. The van der Waals surface area contributed by atoms with E-state index in [1.807, 2.05) is 5.38 Å². The number of nitrogens with zero attached hydrogens (tertiary/aromatic N) is 1. The zero-order valence-electron chi connectivity index (χ0n) is 14.4. The Balaban J connectivity index is 1.42. The summed E-state index contributed by atoms with van der Waals surface area (Å²) in [5, 5.41) is 5.78. The average Bonchev–Trinajstić information content (AvgIpc) is 3.11. The smallest absolute Gasteiger partial charge is 0.257 e. The Kier molecular flexibility index (Phi) is 5.96. The molecule has 4 nitrogen and oxygen atoms in total. The number of benzene rings is 2. The monoisotopic (exact) mass is 370 g/mol. The lowest BCUT2D eigenvalue weighted by Gasteiger charge is -2.06. The lowest BCUT2D eigenvalue weighted by molar-refractivity contribution is -0.123. The van der Waals surface area contributed by atoms with Crippen molar-refractivity contribution in [2.75, 3.05) is 13.2 Å². The van der Waals surface area contributed by atoms with E-state index in [9.17, 15) is 9.18 Å². The fourth-order valence-electron chi connectivity index (χ4n) is 2.31. The number of thiazole rings is 1. The van der Waals surface area contributed by atoms with E-state index in [4.69, 9.17) is 4.74 Å². The number of carbonyl (C=O) groups excluding carboxylic acids is 1. The molecule has 1 aromatic heterocycles. The molecule has 1 amide bonds. The molecule has 0 atom stereocenters. The van der Waals surface area contributed by atoms with Crippen molar-refractivity contribution in [3.05, 3.63) is 71.0 Å². The summed E-state index contributed by atoms with van der Waals surface area (Å²) in [5.74, 6) is -0.0952. The van der Waals surface area contributed by atoms with E-state index in [1.54, 1.807) is 11.3 Å². The van der Waals surface area contributed by atoms with Crippen LogP contribution in [0, 0.1) is 12.7 Å². The van der Waals surface area contributed by atoms with E-state index >= 15 is 0 Å². The number of hydrogen-bond donors (Lipinski definition) is 1. The number of ether oxygens (including phenoxy) is 1. The van der Waals surface area contributed by atoms with Gasteiger partial charge in [-0.3, -0.25) is 4.79 Å². The SMILES string of the molecule is Cc1ccc(-c2nc(CCNC(=O)COc3ccc(F)cc3)cs2)cc1. The Hall–Kier alpha value is -2.73. The Morgan fingerprint density at radius 2 is 1.88 bits per heavy atom. The van der Waals surface area contributed by atoms with Crippen LogP contribution in [0.3, 0.4) is 0 Å². The van der Waals surface area contributed by atoms with Crippen LogP contribution < -0.4 is 10.1 Å². The first kappa shape index (κ1) is 18.1. The van der Waals surface area contributed by atoms with Crippen molar-refractivity contribution in [1.82, 2.24) is 10.3 Å². The minimum absolute atomic E-state index is 0.0999. The van der Waals surface area contributed by atoms with E-state index in [-0.39, 0.29) is 18.3 Å². The highest BCUT2D eigenvalue weighted by molar-refractivity contribution is 7.13. The van der Waals surface area contributed by atoms with Crippen LogP contribution in [0.15, 0.2) is 53.9 Å². The van der Waals surface area contributed by atoms with Crippen LogP contribution >= 0.6 is 11.3 Å². The van der Waals surface area contributed by atoms with Gasteiger partial charge in [0, 0.05) is 23.9 Å². The predicted molar refractivity (Wildman–Crippen MR) is 101 cm³/mol. The van der Waals surface area contributed by atoms with Crippen LogP contribution in [0.1, 0.15) is 11.3 Å². The molecule has 2 aromatic carbocycles. The Bertz CT molecular complexity index is 860. The summed E-state index contributed by atoms with van der Waals surface area (Å²) >= 11 is 1.60. The fourth-order valence-corrected chi connectivity index (χ4v) is 3.17. The van der Waals surface area contributed by atoms with Gasteiger partial charge in [0.1, 0.15) is 16.6 Å². The molecule has 0 radical (unpaired) electrons. The van der Waals surface area contributed by atoms with Crippen molar-refractivity contribution >= 4 is 17.2 Å². The zero-order valence-corrected chi connectivity index (χ0v) is 15.2. The van der Waals surface area contributed by atoms with Gasteiger partial charge in [-0.2, -0.15) is 0 Å². The number of nitrogens with one attached hydrogen (secondary N) is 1. The first-order chi connectivity index (χ1) is 12.6. The van der Waals surface area contributed by atoms with Crippen molar-refractivity contribution in [2.45, 2.75) is 13.3 Å². The molecule has 0 bridgehead atoms. The summed E-state index contributed by atoms with van der Waals surface area (Å²) in [6.07, 6.45) is 0.657. The van der Waals surface area contributed by atoms with Crippen LogP contribution in [0.5, 0.6) is 5.75 Å². The first-order valence-corrected chi connectivity index (χ1v) is 9.14. The van der Waals surface area contributed by atoms with Gasteiger partial charge in [0.15, 0.2) is 6.61 Å². The molecule has 134 valence electrons. The number of halogens is 1. The van der Waals surface area contributed by atoms with Gasteiger partial charge < -0.3 is 10.1 Å². The highest BCUT2D eigenvalue weighted by Crippen LogP contribution is 2.24. The molecule has 0 aliphatic carbocycles. The van der Waals surface area contributed by atoms with Gasteiger partial charge in [0.2, 0.25) is 0 Å². The maximum Gasteiger partial charge on any atom is 0.257 e. The molecule has 0 spiro atoms. The van der Waals surface area contributed by atoms with Crippen LogP contribution in [0.25, 0.3) is 10.6 Å². The molecule has 0 fully saturated rings. The van der Waals surface area contributed by atoms with E-state index in [2.05, 4.69) is 41.5 Å². The van der Waals surface area contributed by atoms with Crippen LogP contribution in [0.4, 0.5) is 4.39 Å². The van der Waals surface area contributed by atoms with Crippen molar-refractivity contribution in [3.8, 4) is 16.3 Å². The normalized spacial score (nSPS) is 10.5.